The van der Waals surface area contributed by atoms with E-state index in [4.69, 9.17) is 4.74 Å². The van der Waals surface area contributed by atoms with Crippen molar-refractivity contribution in [3.63, 3.8) is 0 Å². The molecule has 2 aliphatic rings. The minimum atomic E-state index is -4.91. The van der Waals surface area contributed by atoms with Gasteiger partial charge in [0.1, 0.15) is 0 Å². The molecule has 1 saturated heterocycles. The second-order valence-electron chi connectivity index (χ2n) is 15.8. The Labute approximate surface area is 335 Å². The molecule has 0 bridgehead atoms. The van der Waals surface area contributed by atoms with Crippen LogP contribution >= 0.6 is 0 Å². The molecule has 2 aromatic rings. The van der Waals surface area contributed by atoms with Crippen LogP contribution in [0.2, 0.25) is 0 Å². The second-order valence-corrected chi connectivity index (χ2v) is 17.4. The number of para-hydroxylation sites is 1. The van der Waals surface area contributed by atoms with Gasteiger partial charge < -0.3 is 36.2 Å². The van der Waals surface area contributed by atoms with Gasteiger partial charge in [-0.25, -0.2) is 4.79 Å². The lowest BCUT2D eigenvalue weighted by Gasteiger charge is -2.30. The Balaban J connectivity index is 1.17. The summed E-state index contributed by atoms with van der Waals surface area (Å²) in [5.74, 6) is 4.26. The first-order valence-electron chi connectivity index (χ1n) is 19.4. The van der Waals surface area contributed by atoms with Gasteiger partial charge in [0.2, 0.25) is 23.6 Å². The van der Waals surface area contributed by atoms with E-state index in [9.17, 15) is 36.9 Å². The van der Waals surface area contributed by atoms with Crippen LogP contribution in [-0.2, 0) is 40.6 Å². The summed E-state index contributed by atoms with van der Waals surface area (Å²) in [5, 5.41) is 11.6. The molecular weight excluding hydrogens is 753 g/mol. The number of hydrogen-bond acceptors (Lipinski definition) is 8. The lowest BCUT2D eigenvalue weighted by molar-refractivity contribution is -0.125. The molecular formula is C41H56N6O9S. The molecule has 16 heteroatoms. The third-order valence-electron chi connectivity index (χ3n) is 10.0. The van der Waals surface area contributed by atoms with Crippen molar-refractivity contribution in [1.29, 1.82) is 0 Å². The second kappa shape index (κ2) is 19.9. The molecule has 2 aromatic carbocycles. The number of carbonyl (C=O) groups excluding carboxylic acids is 5. The minimum absolute atomic E-state index is 0.0500. The Hall–Kier alpha value is -4.98. The molecule has 0 aromatic heterocycles. The van der Waals surface area contributed by atoms with Crippen molar-refractivity contribution in [1.82, 2.24) is 26.6 Å². The van der Waals surface area contributed by atoms with Gasteiger partial charge in [0, 0.05) is 61.7 Å². The van der Waals surface area contributed by atoms with Crippen LogP contribution in [0.25, 0.3) is 0 Å². The first kappa shape index (κ1) is 44.7. The van der Waals surface area contributed by atoms with E-state index in [-0.39, 0.29) is 62.3 Å². The third kappa shape index (κ3) is 14.2. The van der Waals surface area contributed by atoms with Gasteiger partial charge in [-0.05, 0) is 84.1 Å². The molecule has 57 heavy (non-hydrogen) atoms. The van der Waals surface area contributed by atoms with Crippen LogP contribution in [0, 0.1) is 11.8 Å². The topological polar surface area (TPSA) is 212 Å². The smallest absolute Gasteiger partial charge is 0.315 e. The number of hydrogen-bond donors (Lipinski definition) is 6. The first-order valence-corrected chi connectivity index (χ1v) is 20.9. The minimum Gasteiger partial charge on any atom is -0.375 e. The van der Waals surface area contributed by atoms with Crippen molar-refractivity contribution in [2.75, 3.05) is 24.6 Å². The maximum Gasteiger partial charge on any atom is 0.315 e. The summed E-state index contributed by atoms with van der Waals surface area (Å²) in [4.78, 5) is 64.7. The van der Waals surface area contributed by atoms with Gasteiger partial charge in [0.05, 0.1) is 23.9 Å². The van der Waals surface area contributed by atoms with Crippen LogP contribution in [0.3, 0.4) is 0 Å². The van der Waals surface area contributed by atoms with Crippen LogP contribution in [0.1, 0.15) is 103 Å². The standard InChI is InChI=1S/C41H56N6O9S/c1-28-32(45-39(52)44-28)15-9-11-17-36(49)46-40(2,3)23-25-56-41(4,5)22-20-35(48)43-26-34(57(53,54)55)38(51)42-24-21-37(50)47-27-31-14-7-6-12-29(31)18-19-30-13-8-10-16-33(30)47/h6-8,10,12-14,16,28,32,34H,9,11,15,17,20-27H2,1-5H3,(H,42,51)(H,43,48)(H,46,49)(H2,44,45,52)(H,53,54,55). The van der Waals surface area contributed by atoms with Gasteiger partial charge in [-0.1, -0.05) is 48.6 Å². The van der Waals surface area contributed by atoms with Crippen molar-refractivity contribution in [2.45, 2.75) is 121 Å². The average molecular weight is 809 g/mol. The molecule has 3 unspecified atom stereocenters. The summed E-state index contributed by atoms with van der Waals surface area (Å²) in [6.45, 7) is 9.03. The Morgan fingerprint density at radius 3 is 2.30 bits per heavy atom. The fourth-order valence-corrected chi connectivity index (χ4v) is 7.21. The van der Waals surface area contributed by atoms with Crippen molar-refractivity contribution < 1.29 is 41.7 Å². The van der Waals surface area contributed by atoms with Gasteiger partial charge in [0.15, 0.2) is 5.25 Å². The highest BCUT2D eigenvalue weighted by Gasteiger charge is 2.33. The average Bonchev–Trinajstić information content (AvgIpc) is 3.45. The highest BCUT2D eigenvalue weighted by molar-refractivity contribution is 7.87. The molecule has 310 valence electrons. The first-order chi connectivity index (χ1) is 26.8. The highest BCUT2D eigenvalue weighted by Crippen LogP contribution is 2.26. The number of amides is 6. The number of benzene rings is 2. The Morgan fingerprint density at radius 2 is 1.60 bits per heavy atom. The largest absolute Gasteiger partial charge is 0.375 e. The summed E-state index contributed by atoms with van der Waals surface area (Å²) in [6, 6.07) is 14.7. The highest BCUT2D eigenvalue weighted by atomic mass is 32.2. The lowest BCUT2D eigenvalue weighted by Crippen LogP contribution is -2.48. The Kier molecular flexibility index (Phi) is 15.6. The number of anilines is 1. The van der Waals surface area contributed by atoms with Crippen LogP contribution in [0.4, 0.5) is 10.5 Å². The molecule has 0 aliphatic carbocycles. The van der Waals surface area contributed by atoms with E-state index in [2.05, 4.69) is 38.4 Å². The predicted molar refractivity (Wildman–Crippen MR) is 216 cm³/mol. The summed E-state index contributed by atoms with van der Waals surface area (Å²) in [7, 11) is -4.91. The molecule has 6 N–H and O–H groups in total. The molecule has 3 atom stereocenters. The predicted octanol–water partition coefficient (Wildman–Crippen LogP) is 3.30. The summed E-state index contributed by atoms with van der Waals surface area (Å²) in [6.07, 6.45) is 3.23. The molecule has 4 rings (SSSR count). The normalized spacial score (nSPS) is 16.9. The van der Waals surface area contributed by atoms with E-state index in [0.29, 0.717) is 37.1 Å². The molecule has 0 saturated carbocycles. The maximum atomic E-state index is 13.5. The number of carbonyl (C=O) groups is 5. The van der Waals surface area contributed by atoms with E-state index >= 15 is 0 Å². The van der Waals surface area contributed by atoms with E-state index in [1.54, 1.807) is 17.0 Å². The number of rotatable bonds is 20. The number of ether oxygens (including phenoxy) is 1. The van der Waals surface area contributed by atoms with Gasteiger partial charge in [-0.2, -0.15) is 8.42 Å². The molecule has 1 fully saturated rings. The quantitative estimate of drug-likeness (QED) is 0.0658. The number of urea groups is 1. The number of fused-ring (bicyclic) bond motifs is 2. The fraction of sp³-hybridized carbons (Fsp3) is 0.537. The SMILES string of the molecule is CC1NC(=O)NC1CCCCC(=O)NC(C)(C)CCOC(C)(C)CCC(=O)NCC(C(=O)NCCC(=O)N1Cc2ccccc2C#Cc2ccccc21)S(=O)(=O)O. The fourth-order valence-electron chi connectivity index (χ4n) is 6.56. The molecule has 2 aliphatic heterocycles. The van der Waals surface area contributed by atoms with Crippen molar-refractivity contribution in [3.8, 4) is 11.8 Å². The molecule has 15 nitrogen and oxygen atoms in total. The van der Waals surface area contributed by atoms with Gasteiger partial charge >= 0.3 is 6.03 Å². The van der Waals surface area contributed by atoms with E-state index in [1.807, 2.05) is 71.0 Å². The van der Waals surface area contributed by atoms with Crippen molar-refractivity contribution in [2.24, 2.45) is 0 Å². The van der Waals surface area contributed by atoms with Gasteiger partial charge in [-0.15, -0.1) is 0 Å². The monoisotopic (exact) mass is 808 g/mol. The Bertz CT molecular complexity index is 1960. The summed E-state index contributed by atoms with van der Waals surface area (Å²) < 4.78 is 40.2. The van der Waals surface area contributed by atoms with Crippen molar-refractivity contribution >= 4 is 45.5 Å². The summed E-state index contributed by atoms with van der Waals surface area (Å²) >= 11 is 0. The zero-order valence-corrected chi connectivity index (χ0v) is 34.2. The number of nitrogens with one attached hydrogen (secondary N) is 5. The number of unbranched alkanes of at least 4 members (excludes halogenated alkanes) is 1. The van der Waals surface area contributed by atoms with Crippen molar-refractivity contribution in [3.05, 3.63) is 65.2 Å². The number of nitrogens with zero attached hydrogens (tertiary/aromatic N) is 1. The van der Waals surface area contributed by atoms with Crippen LogP contribution in [0.15, 0.2) is 48.5 Å². The van der Waals surface area contributed by atoms with E-state index in [1.165, 1.54) is 0 Å². The maximum absolute atomic E-state index is 13.5. The molecule has 6 amide bonds. The third-order valence-corrected chi connectivity index (χ3v) is 11.1. The van der Waals surface area contributed by atoms with Gasteiger partial charge in [-0.3, -0.25) is 23.7 Å². The van der Waals surface area contributed by atoms with Crippen LogP contribution in [-0.4, -0.2) is 90.8 Å². The van der Waals surface area contributed by atoms with Crippen LogP contribution in [0.5, 0.6) is 0 Å². The molecule has 0 spiro atoms. The van der Waals surface area contributed by atoms with E-state index in [0.717, 1.165) is 24.0 Å². The van der Waals surface area contributed by atoms with Gasteiger partial charge in [0.25, 0.3) is 10.1 Å². The summed E-state index contributed by atoms with van der Waals surface area (Å²) in [5.41, 5.74) is 1.63. The zero-order chi connectivity index (χ0) is 41.8. The molecule has 2 heterocycles. The lowest BCUT2D eigenvalue weighted by atomic mass is 9.99. The zero-order valence-electron chi connectivity index (χ0n) is 33.4. The Morgan fingerprint density at radius 1 is 0.912 bits per heavy atom. The van der Waals surface area contributed by atoms with Crippen LogP contribution < -0.4 is 31.5 Å². The van der Waals surface area contributed by atoms with E-state index < -0.39 is 44.9 Å². The molecule has 0 radical (unpaired) electrons.